The summed E-state index contributed by atoms with van der Waals surface area (Å²) < 4.78 is 25.1. The number of thiophene rings is 1. The second-order valence-corrected chi connectivity index (χ2v) is 9.27. The standard InChI is InChI=1S/C13H15N3O2S3/c1-2-6-16-12(11-4-3-7-19-11)14-15-13(16)20-10-5-8-21(17,18)9-10/h2-4,7,10H,1,5-6,8-9H2. The van der Waals surface area contributed by atoms with Crippen LogP contribution >= 0.6 is 23.1 Å². The summed E-state index contributed by atoms with van der Waals surface area (Å²) in [6.45, 7) is 4.39. The molecule has 0 spiro atoms. The summed E-state index contributed by atoms with van der Waals surface area (Å²) in [6, 6.07) is 3.98. The first-order valence-electron chi connectivity index (χ1n) is 6.54. The molecule has 3 rings (SSSR count). The van der Waals surface area contributed by atoms with Gasteiger partial charge in [-0.25, -0.2) is 8.42 Å². The number of thioether (sulfide) groups is 1. The maximum absolute atomic E-state index is 11.6. The fraction of sp³-hybridized carbons (Fsp3) is 0.385. The van der Waals surface area contributed by atoms with Gasteiger partial charge in [0.2, 0.25) is 0 Å². The van der Waals surface area contributed by atoms with E-state index in [-0.39, 0.29) is 16.8 Å². The topological polar surface area (TPSA) is 64.8 Å². The van der Waals surface area contributed by atoms with Gasteiger partial charge in [-0.05, 0) is 17.9 Å². The Balaban J connectivity index is 1.87. The van der Waals surface area contributed by atoms with E-state index in [9.17, 15) is 8.42 Å². The van der Waals surface area contributed by atoms with Gasteiger partial charge in [-0.3, -0.25) is 4.57 Å². The molecule has 3 heterocycles. The van der Waals surface area contributed by atoms with Gasteiger partial charge in [0, 0.05) is 11.8 Å². The Morgan fingerprint density at radius 2 is 2.38 bits per heavy atom. The van der Waals surface area contributed by atoms with Gasteiger partial charge in [-0.15, -0.1) is 28.1 Å². The summed E-state index contributed by atoms with van der Waals surface area (Å²) in [7, 11) is -2.87. The molecule has 2 aromatic rings. The third kappa shape index (κ3) is 3.22. The molecule has 0 aromatic carbocycles. The number of rotatable bonds is 5. The fourth-order valence-electron chi connectivity index (χ4n) is 2.26. The average Bonchev–Trinajstić information content (AvgIpc) is 3.12. The molecule has 0 amide bonds. The Kier molecular flexibility index (Phi) is 4.19. The molecule has 1 unspecified atom stereocenters. The van der Waals surface area contributed by atoms with Crippen molar-refractivity contribution in [1.29, 1.82) is 0 Å². The first-order valence-corrected chi connectivity index (χ1v) is 10.1. The molecule has 5 nitrogen and oxygen atoms in total. The molecule has 8 heteroatoms. The summed E-state index contributed by atoms with van der Waals surface area (Å²) in [6.07, 6.45) is 2.48. The van der Waals surface area contributed by atoms with Crippen LogP contribution in [0.3, 0.4) is 0 Å². The summed E-state index contributed by atoms with van der Waals surface area (Å²) in [5.74, 6) is 1.32. The zero-order valence-corrected chi connectivity index (χ0v) is 13.8. The molecular weight excluding hydrogens is 326 g/mol. The van der Waals surface area contributed by atoms with E-state index in [4.69, 9.17) is 0 Å². The first-order chi connectivity index (χ1) is 10.1. The Hall–Kier alpha value is -1.12. The minimum absolute atomic E-state index is 0.0685. The van der Waals surface area contributed by atoms with E-state index in [1.807, 2.05) is 22.1 Å². The smallest absolute Gasteiger partial charge is 0.192 e. The molecule has 1 saturated heterocycles. The average molecular weight is 341 g/mol. The molecule has 0 radical (unpaired) electrons. The van der Waals surface area contributed by atoms with Gasteiger partial charge < -0.3 is 0 Å². The molecule has 1 fully saturated rings. The van der Waals surface area contributed by atoms with Gasteiger partial charge in [-0.2, -0.15) is 0 Å². The third-order valence-corrected chi connectivity index (χ3v) is 7.33. The van der Waals surface area contributed by atoms with E-state index in [0.29, 0.717) is 13.0 Å². The van der Waals surface area contributed by atoms with Crippen molar-refractivity contribution in [3.8, 4) is 10.7 Å². The van der Waals surface area contributed by atoms with E-state index in [0.717, 1.165) is 15.9 Å². The number of nitrogens with zero attached hydrogens (tertiary/aromatic N) is 3. The second-order valence-electron chi connectivity index (χ2n) is 4.83. The van der Waals surface area contributed by atoms with Crippen molar-refractivity contribution >= 4 is 32.9 Å². The van der Waals surface area contributed by atoms with Crippen molar-refractivity contribution in [1.82, 2.24) is 14.8 Å². The first kappa shape index (κ1) is 14.8. The van der Waals surface area contributed by atoms with Crippen LogP contribution in [-0.4, -0.2) is 39.9 Å². The number of sulfone groups is 1. The Labute approximate surface area is 132 Å². The van der Waals surface area contributed by atoms with Crippen molar-refractivity contribution in [2.45, 2.75) is 23.4 Å². The lowest BCUT2D eigenvalue weighted by atomic mass is 10.4. The van der Waals surface area contributed by atoms with Crippen molar-refractivity contribution < 1.29 is 8.42 Å². The highest BCUT2D eigenvalue weighted by Crippen LogP contribution is 2.33. The molecule has 2 aromatic heterocycles. The zero-order valence-electron chi connectivity index (χ0n) is 11.3. The lowest BCUT2D eigenvalue weighted by molar-refractivity contribution is 0.602. The molecule has 0 N–H and O–H groups in total. The molecule has 112 valence electrons. The van der Waals surface area contributed by atoms with Gasteiger partial charge in [0.05, 0.1) is 16.4 Å². The maximum Gasteiger partial charge on any atom is 0.192 e. The van der Waals surface area contributed by atoms with Gasteiger partial charge in [-0.1, -0.05) is 23.9 Å². The van der Waals surface area contributed by atoms with Crippen LogP contribution in [0.25, 0.3) is 10.7 Å². The minimum atomic E-state index is -2.87. The summed E-state index contributed by atoms with van der Waals surface area (Å²) in [5, 5.41) is 11.3. The van der Waals surface area contributed by atoms with Crippen molar-refractivity contribution in [3.05, 3.63) is 30.2 Å². The lowest BCUT2D eigenvalue weighted by Gasteiger charge is -2.09. The largest absolute Gasteiger partial charge is 0.297 e. The van der Waals surface area contributed by atoms with Gasteiger partial charge in [0.1, 0.15) is 0 Å². The van der Waals surface area contributed by atoms with Crippen LogP contribution in [0.4, 0.5) is 0 Å². The Morgan fingerprint density at radius 3 is 3.00 bits per heavy atom. The predicted octanol–water partition coefficient (Wildman–Crippen LogP) is 2.47. The summed E-state index contributed by atoms with van der Waals surface area (Å²) in [4.78, 5) is 1.05. The van der Waals surface area contributed by atoms with Gasteiger partial charge >= 0.3 is 0 Å². The molecule has 0 aliphatic carbocycles. The highest BCUT2D eigenvalue weighted by molar-refractivity contribution is 8.01. The van der Waals surface area contributed by atoms with Crippen molar-refractivity contribution in [2.75, 3.05) is 11.5 Å². The highest BCUT2D eigenvalue weighted by atomic mass is 32.2. The molecule has 1 aliphatic heterocycles. The van der Waals surface area contributed by atoms with Crippen LogP contribution in [0.15, 0.2) is 35.3 Å². The number of aromatic nitrogens is 3. The van der Waals surface area contributed by atoms with E-state index >= 15 is 0 Å². The Bertz CT molecular complexity index is 735. The van der Waals surface area contributed by atoms with E-state index in [1.54, 1.807) is 17.4 Å². The molecule has 0 bridgehead atoms. The number of hydrogen-bond donors (Lipinski definition) is 0. The maximum atomic E-state index is 11.6. The van der Waals surface area contributed by atoms with Crippen LogP contribution < -0.4 is 0 Å². The normalized spacial score (nSPS) is 20.7. The van der Waals surface area contributed by atoms with E-state index in [2.05, 4.69) is 16.8 Å². The van der Waals surface area contributed by atoms with Crippen LogP contribution in [0.2, 0.25) is 0 Å². The third-order valence-electron chi connectivity index (χ3n) is 3.23. The van der Waals surface area contributed by atoms with Crippen LogP contribution in [0.1, 0.15) is 6.42 Å². The van der Waals surface area contributed by atoms with Gasteiger partial charge in [0.25, 0.3) is 0 Å². The lowest BCUT2D eigenvalue weighted by Crippen LogP contribution is -2.08. The predicted molar refractivity (Wildman–Crippen MR) is 86.4 cm³/mol. The highest BCUT2D eigenvalue weighted by Gasteiger charge is 2.30. The number of allylic oxidation sites excluding steroid dienone is 1. The molecule has 1 aliphatic rings. The van der Waals surface area contributed by atoms with Crippen molar-refractivity contribution in [2.24, 2.45) is 0 Å². The zero-order chi connectivity index (χ0) is 14.9. The van der Waals surface area contributed by atoms with Crippen LogP contribution in [0, 0.1) is 0 Å². The summed E-state index contributed by atoms with van der Waals surface area (Å²) >= 11 is 3.11. The Morgan fingerprint density at radius 1 is 1.52 bits per heavy atom. The van der Waals surface area contributed by atoms with Crippen LogP contribution in [0.5, 0.6) is 0 Å². The molecule has 1 atom stereocenters. The SMILES string of the molecule is C=CCn1c(SC2CCS(=O)(=O)C2)nnc1-c1cccs1. The second kappa shape index (κ2) is 5.94. The summed E-state index contributed by atoms with van der Waals surface area (Å²) in [5.41, 5.74) is 0. The monoisotopic (exact) mass is 341 g/mol. The quantitative estimate of drug-likeness (QED) is 0.782. The van der Waals surface area contributed by atoms with Crippen molar-refractivity contribution in [3.63, 3.8) is 0 Å². The van der Waals surface area contributed by atoms with Gasteiger partial charge in [0.15, 0.2) is 20.8 Å². The fourth-order valence-corrected chi connectivity index (χ4v) is 6.47. The van der Waals surface area contributed by atoms with E-state index < -0.39 is 9.84 Å². The molecule has 0 saturated carbocycles. The number of hydrogen-bond acceptors (Lipinski definition) is 6. The van der Waals surface area contributed by atoms with E-state index in [1.165, 1.54) is 11.8 Å². The molecular formula is C13H15N3O2S3. The van der Waals surface area contributed by atoms with Crippen LogP contribution in [-0.2, 0) is 16.4 Å². The molecule has 21 heavy (non-hydrogen) atoms. The minimum Gasteiger partial charge on any atom is -0.297 e.